The Morgan fingerprint density at radius 1 is 1.50 bits per heavy atom. The van der Waals surface area contributed by atoms with E-state index >= 15 is 0 Å². The molecule has 0 radical (unpaired) electrons. The van der Waals surface area contributed by atoms with Crippen LogP contribution in [-0.4, -0.2) is 41.0 Å². The zero-order valence-electron chi connectivity index (χ0n) is 11.3. The minimum atomic E-state index is -0.162. The number of anilines is 1. The molecule has 1 amide bonds. The predicted molar refractivity (Wildman–Crippen MR) is 70.7 cm³/mol. The van der Waals surface area contributed by atoms with Crippen LogP contribution >= 0.6 is 0 Å². The Labute approximate surface area is 107 Å². The summed E-state index contributed by atoms with van der Waals surface area (Å²) in [7, 11) is 3.41. The van der Waals surface area contributed by atoms with E-state index in [1.165, 1.54) is 4.90 Å². The number of carbonyl (C=O) groups is 1. The van der Waals surface area contributed by atoms with Crippen molar-refractivity contribution in [1.82, 2.24) is 14.5 Å². The Kier molecular flexibility index (Phi) is 4.88. The van der Waals surface area contributed by atoms with Gasteiger partial charge in [0.05, 0.1) is 0 Å². The third-order valence-electron chi connectivity index (χ3n) is 2.55. The van der Waals surface area contributed by atoms with Gasteiger partial charge in [-0.05, 0) is 13.8 Å². The third-order valence-corrected chi connectivity index (χ3v) is 2.55. The van der Waals surface area contributed by atoms with Gasteiger partial charge in [-0.25, -0.2) is 4.98 Å². The number of carbonyl (C=O) groups excluding carboxylic acids is 1. The predicted octanol–water partition coefficient (Wildman–Crippen LogP) is 0.714. The first kappa shape index (κ1) is 14.2. The molecule has 6 nitrogen and oxygen atoms in total. The third kappa shape index (κ3) is 3.58. The van der Waals surface area contributed by atoms with Crippen molar-refractivity contribution in [3.63, 3.8) is 0 Å². The molecule has 0 bridgehead atoms. The molecule has 1 rings (SSSR count). The summed E-state index contributed by atoms with van der Waals surface area (Å²) in [5, 5.41) is 2.90. The van der Waals surface area contributed by atoms with E-state index in [1.54, 1.807) is 31.1 Å². The van der Waals surface area contributed by atoms with Gasteiger partial charge >= 0.3 is 0 Å². The van der Waals surface area contributed by atoms with Gasteiger partial charge in [0.2, 0.25) is 5.91 Å². The lowest BCUT2D eigenvalue weighted by Crippen LogP contribution is -2.28. The van der Waals surface area contributed by atoms with Crippen LogP contribution in [0.25, 0.3) is 0 Å². The van der Waals surface area contributed by atoms with Gasteiger partial charge in [-0.3, -0.25) is 9.59 Å². The lowest BCUT2D eigenvalue weighted by Gasteiger charge is -2.12. The molecule has 0 aliphatic carbocycles. The maximum Gasteiger partial charge on any atom is 0.293 e. The second-order valence-electron chi connectivity index (χ2n) is 4.55. The van der Waals surface area contributed by atoms with Gasteiger partial charge in [-0.2, -0.15) is 0 Å². The van der Waals surface area contributed by atoms with Crippen molar-refractivity contribution in [3.05, 3.63) is 22.7 Å². The van der Waals surface area contributed by atoms with Gasteiger partial charge in [0, 0.05) is 45.5 Å². The molecule has 1 heterocycles. The molecule has 0 atom stereocenters. The average molecular weight is 252 g/mol. The van der Waals surface area contributed by atoms with E-state index in [1.807, 2.05) is 13.8 Å². The Morgan fingerprint density at radius 2 is 2.17 bits per heavy atom. The van der Waals surface area contributed by atoms with Gasteiger partial charge in [0.1, 0.15) is 0 Å². The summed E-state index contributed by atoms with van der Waals surface area (Å²) in [5.41, 5.74) is -0.162. The number of hydrogen-bond acceptors (Lipinski definition) is 4. The summed E-state index contributed by atoms with van der Waals surface area (Å²) in [6, 6.07) is 0.0875. The van der Waals surface area contributed by atoms with Gasteiger partial charge in [0.15, 0.2) is 5.82 Å². The molecule has 0 aliphatic heterocycles. The first-order chi connectivity index (χ1) is 8.43. The van der Waals surface area contributed by atoms with E-state index in [0.29, 0.717) is 13.0 Å². The fourth-order valence-corrected chi connectivity index (χ4v) is 1.46. The molecule has 0 aliphatic rings. The van der Waals surface area contributed by atoms with Gasteiger partial charge in [-0.15, -0.1) is 0 Å². The lowest BCUT2D eigenvalue weighted by atomic mass is 10.3. The standard InChI is InChI=1S/C12H20N4O2/c1-9(2)16-8-7-14-11(12(16)18)13-6-5-10(17)15(3)4/h7-9H,5-6H2,1-4H3,(H,13,14). The quantitative estimate of drug-likeness (QED) is 0.838. The van der Waals surface area contributed by atoms with Crippen LogP contribution < -0.4 is 10.9 Å². The Hall–Kier alpha value is -1.85. The molecule has 0 spiro atoms. The van der Waals surface area contributed by atoms with Crippen molar-refractivity contribution in [3.8, 4) is 0 Å². The molecule has 18 heavy (non-hydrogen) atoms. The van der Waals surface area contributed by atoms with E-state index in [9.17, 15) is 9.59 Å². The van der Waals surface area contributed by atoms with Gasteiger partial charge in [-0.1, -0.05) is 0 Å². The topological polar surface area (TPSA) is 67.2 Å². The largest absolute Gasteiger partial charge is 0.365 e. The van der Waals surface area contributed by atoms with Gasteiger partial charge in [0.25, 0.3) is 5.56 Å². The number of nitrogens with zero attached hydrogens (tertiary/aromatic N) is 3. The van der Waals surface area contributed by atoms with Crippen molar-refractivity contribution >= 4 is 11.7 Å². The Morgan fingerprint density at radius 3 is 2.72 bits per heavy atom. The van der Waals surface area contributed by atoms with E-state index in [0.717, 1.165) is 0 Å². The van der Waals surface area contributed by atoms with Crippen LogP contribution in [0.3, 0.4) is 0 Å². The fraction of sp³-hybridized carbons (Fsp3) is 0.583. The van der Waals surface area contributed by atoms with Crippen LogP contribution in [0.15, 0.2) is 17.2 Å². The van der Waals surface area contributed by atoms with Crippen molar-refractivity contribution in [2.24, 2.45) is 0 Å². The highest BCUT2D eigenvalue weighted by Crippen LogP contribution is 2.01. The molecule has 0 saturated carbocycles. The van der Waals surface area contributed by atoms with Crippen LogP contribution in [0.5, 0.6) is 0 Å². The van der Waals surface area contributed by atoms with Crippen molar-refractivity contribution in [2.75, 3.05) is 26.0 Å². The smallest absolute Gasteiger partial charge is 0.293 e. The minimum absolute atomic E-state index is 0.0163. The van der Waals surface area contributed by atoms with Crippen LogP contribution in [0, 0.1) is 0 Å². The monoisotopic (exact) mass is 252 g/mol. The SMILES string of the molecule is CC(C)n1ccnc(NCCC(=O)N(C)C)c1=O. The highest BCUT2D eigenvalue weighted by Gasteiger charge is 2.08. The number of nitrogens with one attached hydrogen (secondary N) is 1. The summed E-state index contributed by atoms with van der Waals surface area (Å²) in [6.07, 6.45) is 3.57. The van der Waals surface area contributed by atoms with Crippen molar-refractivity contribution in [1.29, 1.82) is 0 Å². The first-order valence-electron chi connectivity index (χ1n) is 5.94. The lowest BCUT2D eigenvalue weighted by molar-refractivity contribution is -0.128. The van der Waals surface area contributed by atoms with Gasteiger partial charge < -0.3 is 14.8 Å². The average Bonchev–Trinajstić information content (AvgIpc) is 2.30. The molecule has 1 N–H and O–H groups in total. The van der Waals surface area contributed by atoms with E-state index < -0.39 is 0 Å². The molecular weight excluding hydrogens is 232 g/mol. The van der Waals surface area contributed by atoms with Crippen molar-refractivity contribution < 1.29 is 4.79 Å². The summed E-state index contributed by atoms with van der Waals surface area (Å²) < 4.78 is 1.60. The molecule has 0 saturated heterocycles. The Balaban J connectivity index is 2.66. The van der Waals surface area contributed by atoms with Crippen LogP contribution in [0.4, 0.5) is 5.82 Å². The molecule has 100 valence electrons. The summed E-state index contributed by atoms with van der Waals surface area (Å²) in [5.74, 6) is 0.306. The molecule has 0 unspecified atom stereocenters. The number of aromatic nitrogens is 2. The first-order valence-corrected chi connectivity index (χ1v) is 5.94. The molecule has 1 aromatic rings. The Bertz CT molecular complexity index is 465. The number of hydrogen-bond donors (Lipinski definition) is 1. The minimum Gasteiger partial charge on any atom is -0.365 e. The summed E-state index contributed by atoms with van der Waals surface area (Å²) in [6.45, 7) is 4.27. The number of amides is 1. The summed E-state index contributed by atoms with van der Waals surface area (Å²) >= 11 is 0. The van der Waals surface area contributed by atoms with Crippen molar-refractivity contribution in [2.45, 2.75) is 26.3 Å². The zero-order valence-corrected chi connectivity index (χ0v) is 11.3. The van der Waals surface area contributed by atoms with Crippen LogP contribution in [0.1, 0.15) is 26.3 Å². The molecule has 0 fully saturated rings. The maximum atomic E-state index is 12.0. The fourth-order valence-electron chi connectivity index (χ4n) is 1.46. The maximum absolute atomic E-state index is 12.0. The molecule has 6 heteroatoms. The van der Waals surface area contributed by atoms with E-state index in [4.69, 9.17) is 0 Å². The molecule has 1 aromatic heterocycles. The van der Waals surface area contributed by atoms with Crippen LogP contribution in [-0.2, 0) is 4.79 Å². The summed E-state index contributed by atoms with van der Waals surface area (Å²) in [4.78, 5) is 28.9. The highest BCUT2D eigenvalue weighted by atomic mass is 16.2. The molecule has 0 aromatic carbocycles. The zero-order chi connectivity index (χ0) is 13.7. The van der Waals surface area contributed by atoms with Crippen LogP contribution in [0.2, 0.25) is 0 Å². The van der Waals surface area contributed by atoms with E-state index in [-0.39, 0.29) is 23.3 Å². The number of rotatable bonds is 5. The normalized spacial score (nSPS) is 10.5. The molecular formula is C12H20N4O2. The second-order valence-corrected chi connectivity index (χ2v) is 4.55. The second kappa shape index (κ2) is 6.18. The van der Waals surface area contributed by atoms with E-state index in [2.05, 4.69) is 10.3 Å². The highest BCUT2D eigenvalue weighted by molar-refractivity contribution is 5.76.